The number of halogens is 1. The third-order valence-corrected chi connectivity index (χ3v) is 4.83. The molecule has 0 unspecified atom stereocenters. The van der Waals surface area contributed by atoms with Gasteiger partial charge in [-0.1, -0.05) is 41.6 Å². The van der Waals surface area contributed by atoms with Crippen molar-refractivity contribution in [3.8, 4) is 0 Å². The first-order chi connectivity index (χ1) is 12.1. The summed E-state index contributed by atoms with van der Waals surface area (Å²) in [5.41, 5.74) is 2.75. The third kappa shape index (κ3) is 4.01. The van der Waals surface area contributed by atoms with E-state index < -0.39 is 11.8 Å². The topological polar surface area (TPSA) is 62.6 Å². The molecule has 1 fully saturated rings. The molecule has 3 rings (SSSR count). The predicted octanol–water partition coefficient (Wildman–Crippen LogP) is 4.04. The number of nitrogens with zero attached hydrogens (tertiary/aromatic N) is 1. The van der Waals surface area contributed by atoms with Gasteiger partial charge in [-0.25, -0.2) is 0 Å². The number of hydrazine groups is 1. The van der Waals surface area contributed by atoms with E-state index in [-0.39, 0.29) is 9.88 Å². The van der Waals surface area contributed by atoms with Gasteiger partial charge in [0.2, 0.25) is 0 Å². The number of rotatable bonds is 4. The molecule has 0 atom stereocenters. The van der Waals surface area contributed by atoms with E-state index in [2.05, 4.69) is 5.43 Å². The van der Waals surface area contributed by atoms with Crippen molar-refractivity contribution in [3.05, 3.63) is 76.1 Å². The number of nitrogens with one attached hydrogen (secondary N) is 1. The highest BCUT2D eigenvalue weighted by Gasteiger charge is 2.33. The van der Waals surface area contributed by atoms with Gasteiger partial charge in [0.05, 0.1) is 21.8 Å². The number of carbonyl (C=O) groups excluding carboxylic acids is 2. The van der Waals surface area contributed by atoms with Crippen LogP contribution in [-0.4, -0.2) is 21.1 Å². The molecule has 126 valence electrons. The first kappa shape index (κ1) is 17.5. The van der Waals surface area contributed by atoms with Gasteiger partial charge in [-0.15, -0.1) is 0 Å². The van der Waals surface area contributed by atoms with Crippen molar-refractivity contribution in [2.45, 2.75) is 0 Å². The zero-order chi connectivity index (χ0) is 17.8. The zero-order valence-corrected chi connectivity index (χ0v) is 15.0. The van der Waals surface area contributed by atoms with Crippen molar-refractivity contribution in [2.24, 2.45) is 0 Å². The molecule has 1 saturated heterocycles. The molecule has 0 radical (unpaired) electrons. The van der Waals surface area contributed by atoms with Gasteiger partial charge in [0.25, 0.3) is 11.8 Å². The first-order valence-electron chi connectivity index (χ1n) is 7.10. The van der Waals surface area contributed by atoms with Crippen molar-refractivity contribution in [1.29, 1.82) is 0 Å². The van der Waals surface area contributed by atoms with Crippen molar-refractivity contribution in [3.63, 3.8) is 0 Å². The van der Waals surface area contributed by atoms with Gasteiger partial charge < -0.3 is 4.42 Å². The fourth-order valence-corrected chi connectivity index (χ4v) is 3.35. The highest BCUT2D eigenvalue weighted by atomic mass is 35.5. The fourth-order valence-electron chi connectivity index (χ4n) is 2.00. The van der Waals surface area contributed by atoms with E-state index in [4.69, 9.17) is 28.2 Å². The number of allylic oxidation sites excluding steroid dienone is 2. The van der Waals surface area contributed by atoms with Gasteiger partial charge in [-0.05, 0) is 48.6 Å². The number of hydrogen-bond donors (Lipinski definition) is 1. The summed E-state index contributed by atoms with van der Waals surface area (Å²) >= 11 is 12.3. The minimum Gasteiger partial charge on any atom is -0.465 e. The molecule has 1 N–H and O–H groups in total. The average Bonchev–Trinajstić information content (AvgIpc) is 3.19. The second kappa shape index (κ2) is 7.69. The number of amides is 2. The van der Waals surface area contributed by atoms with Gasteiger partial charge in [0.15, 0.2) is 4.32 Å². The van der Waals surface area contributed by atoms with E-state index in [0.29, 0.717) is 15.7 Å². The largest absolute Gasteiger partial charge is 0.465 e. The number of furan rings is 1. The number of carbonyl (C=O) groups is 2. The Hall–Kier alpha value is -2.35. The van der Waals surface area contributed by atoms with E-state index in [1.54, 1.807) is 60.9 Å². The summed E-state index contributed by atoms with van der Waals surface area (Å²) in [5.74, 6) is -0.243. The van der Waals surface area contributed by atoms with Crippen LogP contribution in [0, 0.1) is 0 Å². The molecule has 0 saturated carbocycles. The van der Waals surface area contributed by atoms with Crippen molar-refractivity contribution < 1.29 is 14.0 Å². The maximum absolute atomic E-state index is 12.4. The summed E-state index contributed by atoms with van der Waals surface area (Å²) in [6, 6.07) is 10.1. The number of thioether (sulfide) groups is 1. The third-order valence-electron chi connectivity index (χ3n) is 3.18. The van der Waals surface area contributed by atoms with Crippen LogP contribution < -0.4 is 5.43 Å². The second-order valence-corrected chi connectivity index (χ2v) is 6.92. The standard InChI is InChI=1S/C17H11ClN2O3S2/c18-13-8-2-1-7-12(13)15(21)19-20-16(22)14(25-17(20)24)9-3-5-11-6-4-10-23-11/h1-10H,(H,19,21). The van der Waals surface area contributed by atoms with Gasteiger partial charge in [-0.3, -0.25) is 15.0 Å². The lowest BCUT2D eigenvalue weighted by molar-refractivity contribution is -0.123. The van der Waals surface area contributed by atoms with Crippen LogP contribution in [0.5, 0.6) is 0 Å². The van der Waals surface area contributed by atoms with Crippen LogP contribution >= 0.6 is 35.6 Å². The molecule has 0 spiro atoms. The second-order valence-electron chi connectivity index (χ2n) is 4.83. The summed E-state index contributed by atoms with van der Waals surface area (Å²) in [4.78, 5) is 25.1. The van der Waals surface area contributed by atoms with Gasteiger partial charge in [0.1, 0.15) is 5.76 Å². The molecule has 2 aromatic rings. The Morgan fingerprint density at radius 3 is 2.80 bits per heavy atom. The van der Waals surface area contributed by atoms with Crippen molar-refractivity contribution in [2.75, 3.05) is 0 Å². The summed E-state index contributed by atoms with van der Waals surface area (Å²) in [7, 11) is 0. The summed E-state index contributed by atoms with van der Waals surface area (Å²) < 4.78 is 5.41. The number of benzene rings is 1. The fraction of sp³-hybridized carbons (Fsp3) is 0. The van der Waals surface area contributed by atoms with Gasteiger partial charge in [0, 0.05) is 0 Å². The molecular formula is C17H11ClN2O3S2. The van der Waals surface area contributed by atoms with Crippen LogP contribution in [-0.2, 0) is 4.79 Å². The Bertz CT molecular complexity index is 891. The summed E-state index contributed by atoms with van der Waals surface area (Å²) in [6.07, 6.45) is 6.57. The molecule has 5 nitrogen and oxygen atoms in total. The molecule has 1 aliphatic heterocycles. The number of hydrogen-bond acceptors (Lipinski definition) is 5. The SMILES string of the molecule is O=C(NN1C(=O)C(=CC=Cc2ccco2)SC1=S)c1ccccc1Cl. The Balaban J connectivity index is 1.71. The van der Waals surface area contributed by atoms with E-state index in [1.807, 2.05) is 0 Å². The van der Waals surface area contributed by atoms with Gasteiger partial charge in [-0.2, -0.15) is 5.01 Å². The van der Waals surface area contributed by atoms with Crippen LogP contribution in [0.4, 0.5) is 0 Å². The highest BCUT2D eigenvalue weighted by Crippen LogP contribution is 2.30. The van der Waals surface area contributed by atoms with E-state index in [0.717, 1.165) is 16.8 Å². The average molecular weight is 391 g/mol. The van der Waals surface area contributed by atoms with Gasteiger partial charge >= 0.3 is 0 Å². The molecule has 0 aliphatic carbocycles. The molecular weight excluding hydrogens is 380 g/mol. The zero-order valence-electron chi connectivity index (χ0n) is 12.6. The van der Waals surface area contributed by atoms with E-state index in [9.17, 15) is 9.59 Å². The Labute approximate surface area is 158 Å². The minimum absolute atomic E-state index is 0.239. The Morgan fingerprint density at radius 1 is 1.28 bits per heavy atom. The lowest BCUT2D eigenvalue weighted by Gasteiger charge is -2.16. The molecule has 8 heteroatoms. The van der Waals surface area contributed by atoms with Crippen LogP contribution in [0.1, 0.15) is 16.1 Å². The van der Waals surface area contributed by atoms with Crippen LogP contribution in [0.3, 0.4) is 0 Å². The smallest absolute Gasteiger partial charge is 0.285 e. The normalized spacial score (nSPS) is 16.2. The predicted molar refractivity (Wildman–Crippen MR) is 102 cm³/mol. The lowest BCUT2D eigenvalue weighted by Crippen LogP contribution is -2.44. The van der Waals surface area contributed by atoms with E-state index >= 15 is 0 Å². The van der Waals surface area contributed by atoms with Crippen LogP contribution in [0.15, 0.2) is 64.1 Å². The van der Waals surface area contributed by atoms with E-state index in [1.165, 1.54) is 0 Å². The lowest BCUT2D eigenvalue weighted by atomic mass is 10.2. The maximum atomic E-state index is 12.4. The Morgan fingerprint density at radius 2 is 2.08 bits per heavy atom. The van der Waals surface area contributed by atoms with Crippen LogP contribution in [0.25, 0.3) is 6.08 Å². The highest BCUT2D eigenvalue weighted by molar-refractivity contribution is 8.26. The Kier molecular flexibility index (Phi) is 5.37. The minimum atomic E-state index is -0.505. The van der Waals surface area contributed by atoms with Crippen molar-refractivity contribution in [1.82, 2.24) is 10.4 Å². The molecule has 2 amide bonds. The molecule has 25 heavy (non-hydrogen) atoms. The molecule has 2 heterocycles. The summed E-state index contributed by atoms with van der Waals surface area (Å²) in [5, 5.41) is 1.33. The van der Waals surface area contributed by atoms with Crippen molar-refractivity contribution >= 4 is 57.8 Å². The monoisotopic (exact) mass is 390 g/mol. The first-order valence-corrected chi connectivity index (χ1v) is 8.70. The molecule has 1 aromatic carbocycles. The molecule has 1 aliphatic rings. The molecule has 1 aromatic heterocycles. The quantitative estimate of drug-likeness (QED) is 0.630. The van der Waals surface area contributed by atoms with Crippen LogP contribution in [0.2, 0.25) is 5.02 Å². The summed E-state index contributed by atoms with van der Waals surface area (Å²) in [6.45, 7) is 0. The number of thiocarbonyl (C=S) groups is 1. The molecule has 0 bridgehead atoms. The maximum Gasteiger partial charge on any atom is 0.285 e.